The predicted molar refractivity (Wildman–Crippen MR) is 99.7 cm³/mol. The summed E-state index contributed by atoms with van der Waals surface area (Å²) in [5.74, 6) is 0.758. The second-order valence-electron chi connectivity index (χ2n) is 6.55. The Morgan fingerprint density at radius 2 is 1.42 bits per heavy atom. The number of para-hydroxylation sites is 2. The Labute approximate surface area is 152 Å². The number of ether oxygens (including phenoxy) is 1. The van der Waals surface area contributed by atoms with Gasteiger partial charge in [0.15, 0.2) is 6.23 Å². The summed E-state index contributed by atoms with van der Waals surface area (Å²) in [4.78, 5) is 13.3. The molecule has 5 rings (SSSR count). The molecule has 1 fully saturated rings. The summed E-state index contributed by atoms with van der Waals surface area (Å²) in [6.45, 7) is 0. The number of hydrogen-bond acceptors (Lipinski definition) is 3. The molecule has 0 N–H and O–H groups in total. The minimum absolute atomic E-state index is 0.0147. The summed E-state index contributed by atoms with van der Waals surface area (Å²) < 4.78 is 6.21. The number of carbonyl (C=O) groups is 1. The van der Waals surface area contributed by atoms with Crippen LogP contribution in [0.4, 0.5) is 5.69 Å². The molecule has 2 atom stereocenters. The lowest BCUT2D eigenvalue weighted by atomic mass is 9.97. The lowest BCUT2D eigenvalue weighted by Gasteiger charge is -2.39. The van der Waals surface area contributed by atoms with Gasteiger partial charge in [0.05, 0.1) is 11.7 Å². The van der Waals surface area contributed by atoms with Gasteiger partial charge in [-0.05, 0) is 35.9 Å². The molecule has 2 bridgehead atoms. The summed E-state index contributed by atoms with van der Waals surface area (Å²) in [6, 6.07) is 27.7. The molecule has 2 aliphatic heterocycles. The van der Waals surface area contributed by atoms with E-state index in [0.717, 1.165) is 29.0 Å². The van der Waals surface area contributed by atoms with Crippen LogP contribution in [0.5, 0.6) is 5.75 Å². The van der Waals surface area contributed by atoms with Crippen LogP contribution in [-0.2, 0) is 0 Å². The largest absolute Gasteiger partial charge is 0.469 e. The smallest absolute Gasteiger partial charge is 0.276 e. The molecule has 0 unspecified atom stereocenters. The minimum atomic E-state index is -0.331. The molecule has 3 aromatic carbocycles. The number of anilines is 1. The van der Waals surface area contributed by atoms with E-state index in [1.807, 2.05) is 78.9 Å². The fourth-order valence-corrected chi connectivity index (χ4v) is 3.91. The first-order chi connectivity index (χ1) is 12.8. The van der Waals surface area contributed by atoms with Gasteiger partial charge in [-0.15, -0.1) is 0 Å². The summed E-state index contributed by atoms with van der Waals surface area (Å²) in [5, 5.41) is 3.85. The third-order valence-corrected chi connectivity index (χ3v) is 5.02. The Morgan fingerprint density at radius 3 is 2.19 bits per heavy atom. The van der Waals surface area contributed by atoms with Crippen molar-refractivity contribution in [3.63, 3.8) is 0 Å². The molecule has 0 aromatic heterocycles. The third-order valence-electron chi connectivity index (χ3n) is 5.02. The van der Waals surface area contributed by atoms with E-state index in [1.54, 1.807) is 5.01 Å². The van der Waals surface area contributed by atoms with Crippen molar-refractivity contribution in [3.05, 3.63) is 96.1 Å². The van der Waals surface area contributed by atoms with E-state index >= 15 is 0 Å². The van der Waals surface area contributed by atoms with Crippen LogP contribution in [0, 0.1) is 0 Å². The van der Waals surface area contributed by atoms with Gasteiger partial charge in [-0.25, -0.2) is 5.01 Å². The van der Waals surface area contributed by atoms with E-state index < -0.39 is 0 Å². The summed E-state index contributed by atoms with van der Waals surface area (Å²) in [6.07, 6.45) is 0.398. The van der Waals surface area contributed by atoms with Gasteiger partial charge in [0, 0.05) is 12.0 Å². The molecule has 2 aliphatic rings. The van der Waals surface area contributed by atoms with E-state index in [9.17, 15) is 4.79 Å². The first-order valence-corrected chi connectivity index (χ1v) is 8.81. The van der Waals surface area contributed by atoms with Gasteiger partial charge in [-0.3, -0.25) is 9.80 Å². The van der Waals surface area contributed by atoms with Gasteiger partial charge in [0.1, 0.15) is 5.75 Å². The zero-order valence-electron chi connectivity index (χ0n) is 14.2. The molecule has 26 heavy (non-hydrogen) atoms. The Morgan fingerprint density at radius 1 is 0.769 bits per heavy atom. The van der Waals surface area contributed by atoms with Gasteiger partial charge in [-0.1, -0.05) is 54.6 Å². The summed E-state index contributed by atoms with van der Waals surface area (Å²) >= 11 is 0. The van der Waals surface area contributed by atoms with Crippen molar-refractivity contribution in [1.29, 1.82) is 0 Å². The SMILES string of the molecule is O=C1c2ccccc2[C@H]2C[C@H](Oc3ccccc3)N1N2c1ccccc1. The number of carbonyl (C=O) groups excluding carboxylic acids is 1. The fraction of sp³-hybridized carbons (Fsp3) is 0.136. The van der Waals surface area contributed by atoms with Crippen molar-refractivity contribution in [3.8, 4) is 5.75 Å². The van der Waals surface area contributed by atoms with E-state index in [0.29, 0.717) is 0 Å². The maximum Gasteiger partial charge on any atom is 0.276 e. The monoisotopic (exact) mass is 342 g/mol. The number of hydrazine groups is 1. The highest BCUT2D eigenvalue weighted by atomic mass is 16.5. The molecule has 128 valence electrons. The van der Waals surface area contributed by atoms with Gasteiger partial charge >= 0.3 is 0 Å². The maximum atomic E-state index is 13.3. The van der Waals surface area contributed by atoms with Crippen LogP contribution >= 0.6 is 0 Å². The van der Waals surface area contributed by atoms with Crippen LogP contribution in [0.3, 0.4) is 0 Å². The molecule has 0 radical (unpaired) electrons. The third kappa shape index (κ3) is 2.26. The normalized spacial score (nSPS) is 20.8. The first kappa shape index (κ1) is 15.0. The highest BCUT2D eigenvalue weighted by Crippen LogP contribution is 2.46. The molecule has 4 nitrogen and oxygen atoms in total. The average Bonchev–Trinajstić information content (AvgIpc) is 3.02. The van der Waals surface area contributed by atoms with E-state index in [-0.39, 0.29) is 18.2 Å². The van der Waals surface area contributed by atoms with Crippen molar-refractivity contribution < 1.29 is 9.53 Å². The van der Waals surface area contributed by atoms with Gasteiger partial charge in [-0.2, -0.15) is 0 Å². The maximum absolute atomic E-state index is 13.3. The quantitative estimate of drug-likeness (QED) is 0.707. The summed E-state index contributed by atoms with van der Waals surface area (Å²) in [5.41, 5.74) is 2.83. The standard InChI is InChI=1S/C22H18N2O2/c25-22-19-14-8-7-13-18(19)20-15-21(26-17-11-5-2-6-12-17)24(22)23(20)16-9-3-1-4-10-16/h1-14,20-21H,15H2/t20-,21+/m1/s1. The molecule has 0 aliphatic carbocycles. The van der Waals surface area contributed by atoms with Crippen molar-refractivity contribution in [2.45, 2.75) is 18.7 Å². The zero-order valence-corrected chi connectivity index (χ0v) is 14.2. The Bertz CT molecular complexity index is 943. The van der Waals surface area contributed by atoms with Gasteiger partial charge < -0.3 is 4.74 Å². The zero-order chi connectivity index (χ0) is 17.5. The lowest BCUT2D eigenvalue weighted by molar-refractivity contribution is 0.0355. The van der Waals surface area contributed by atoms with Gasteiger partial charge in [0.25, 0.3) is 5.91 Å². The van der Waals surface area contributed by atoms with Gasteiger partial charge in [0.2, 0.25) is 0 Å². The van der Waals surface area contributed by atoms with Crippen LogP contribution in [-0.4, -0.2) is 17.1 Å². The van der Waals surface area contributed by atoms with Crippen LogP contribution in [0.15, 0.2) is 84.9 Å². The second-order valence-corrected chi connectivity index (χ2v) is 6.55. The minimum Gasteiger partial charge on any atom is -0.469 e. The number of amides is 1. The Balaban J connectivity index is 1.59. The topological polar surface area (TPSA) is 32.8 Å². The Kier molecular flexibility index (Phi) is 3.42. The molecule has 0 saturated carbocycles. The molecule has 4 heteroatoms. The number of hydrogen-bond donors (Lipinski definition) is 0. The molecule has 1 saturated heterocycles. The number of rotatable bonds is 3. The summed E-state index contributed by atoms with van der Waals surface area (Å²) in [7, 11) is 0. The predicted octanol–water partition coefficient (Wildman–Crippen LogP) is 4.41. The van der Waals surface area contributed by atoms with Crippen molar-refractivity contribution in [2.75, 3.05) is 5.01 Å². The molecule has 1 amide bonds. The number of fused-ring (bicyclic) bond motifs is 4. The van der Waals surface area contributed by atoms with E-state index in [4.69, 9.17) is 4.74 Å². The van der Waals surface area contributed by atoms with Crippen LogP contribution in [0.25, 0.3) is 0 Å². The average molecular weight is 342 g/mol. The highest BCUT2D eigenvalue weighted by molar-refractivity contribution is 5.99. The first-order valence-electron chi connectivity index (χ1n) is 8.81. The molecule has 2 heterocycles. The van der Waals surface area contributed by atoms with Crippen molar-refractivity contribution in [1.82, 2.24) is 5.01 Å². The lowest BCUT2D eigenvalue weighted by Crippen LogP contribution is -2.50. The fourth-order valence-electron chi connectivity index (χ4n) is 3.91. The van der Waals surface area contributed by atoms with Crippen molar-refractivity contribution >= 4 is 11.6 Å². The highest BCUT2D eigenvalue weighted by Gasteiger charge is 2.49. The number of benzene rings is 3. The molecule has 0 spiro atoms. The van der Waals surface area contributed by atoms with E-state index in [1.165, 1.54) is 0 Å². The Hall–Kier alpha value is -3.27. The second kappa shape index (κ2) is 5.92. The number of nitrogens with zero attached hydrogens (tertiary/aromatic N) is 2. The van der Waals surface area contributed by atoms with Crippen molar-refractivity contribution in [2.24, 2.45) is 0 Å². The van der Waals surface area contributed by atoms with Crippen LogP contribution in [0.1, 0.15) is 28.4 Å². The molecular formula is C22H18N2O2. The molecular weight excluding hydrogens is 324 g/mol. The van der Waals surface area contributed by atoms with Crippen LogP contribution < -0.4 is 9.75 Å². The van der Waals surface area contributed by atoms with E-state index in [2.05, 4.69) is 11.1 Å². The van der Waals surface area contributed by atoms with Crippen LogP contribution in [0.2, 0.25) is 0 Å². The molecule has 3 aromatic rings.